The molecule has 1 aromatic carbocycles. The molecule has 2 amide bonds. The molecule has 0 radical (unpaired) electrons. The molecule has 0 saturated heterocycles. The quantitative estimate of drug-likeness (QED) is 0.600. The number of ether oxygens (including phenoxy) is 1. The standard InChI is InChI=1S/C14H19F3N2O2/c1-9(2)8-21-7-3-6-18-14(20)19-11-5-4-10(15)12(16)13(11)17/h4-5,9H,3,6-8H2,1-2H3,(H2,18,19,20). The third kappa shape index (κ3) is 6.03. The van der Waals surface area contributed by atoms with E-state index in [2.05, 4.69) is 10.6 Å². The van der Waals surface area contributed by atoms with Crippen molar-refractivity contribution < 1.29 is 22.7 Å². The molecule has 118 valence electrons. The Bertz CT molecular complexity index is 482. The summed E-state index contributed by atoms with van der Waals surface area (Å²) in [6, 6.07) is 1.01. The lowest BCUT2D eigenvalue weighted by atomic mass is 10.2. The van der Waals surface area contributed by atoms with Gasteiger partial charge in [-0.05, 0) is 24.5 Å². The monoisotopic (exact) mass is 304 g/mol. The molecule has 7 heteroatoms. The second-order valence-electron chi connectivity index (χ2n) is 4.93. The molecular weight excluding hydrogens is 285 g/mol. The molecule has 0 unspecified atom stereocenters. The van der Waals surface area contributed by atoms with Crippen LogP contribution in [0.25, 0.3) is 0 Å². The lowest BCUT2D eigenvalue weighted by Gasteiger charge is -2.10. The number of anilines is 1. The van der Waals surface area contributed by atoms with E-state index in [1.165, 1.54) is 0 Å². The highest BCUT2D eigenvalue weighted by Crippen LogP contribution is 2.19. The molecule has 4 nitrogen and oxygen atoms in total. The highest BCUT2D eigenvalue weighted by Gasteiger charge is 2.14. The topological polar surface area (TPSA) is 50.4 Å². The molecule has 0 aliphatic rings. The minimum Gasteiger partial charge on any atom is -0.381 e. The van der Waals surface area contributed by atoms with Gasteiger partial charge in [0.1, 0.15) is 0 Å². The van der Waals surface area contributed by atoms with Gasteiger partial charge < -0.3 is 15.4 Å². The zero-order valence-electron chi connectivity index (χ0n) is 12.0. The first-order chi connectivity index (χ1) is 9.91. The fraction of sp³-hybridized carbons (Fsp3) is 0.500. The van der Waals surface area contributed by atoms with Crippen molar-refractivity contribution in [2.45, 2.75) is 20.3 Å². The van der Waals surface area contributed by atoms with Gasteiger partial charge >= 0.3 is 6.03 Å². The maximum atomic E-state index is 13.3. The molecule has 0 fully saturated rings. The van der Waals surface area contributed by atoms with Crippen molar-refractivity contribution in [2.75, 3.05) is 25.1 Å². The molecule has 2 N–H and O–H groups in total. The summed E-state index contributed by atoms with van der Waals surface area (Å²) in [4.78, 5) is 11.5. The van der Waals surface area contributed by atoms with E-state index >= 15 is 0 Å². The average molecular weight is 304 g/mol. The summed E-state index contributed by atoms with van der Waals surface area (Å²) in [7, 11) is 0. The van der Waals surface area contributed by atoms with Crippen LogP contribution in [-0.4, -0.2) is 25.8 Å². The Hall–Kier alpha value is -1.76. The van der Waals surface area contributed by atoms with Crippen LogP contribution < -0.4 is 10.6 Å². The molecular formula is C14H19F3N2O2. The number of urea groups is 1. The Kier molecular flexibility index (Phi) is 7.01. The molecule has 0 heterocycles. The van der Waals surface area contributed by atoms with Gasteiger partial charge in [0.25, 0.3) is 0 Å². The van der Waals surface area contributed by atoms with Crippen LogP contribution in [0.1, 0.15) is 20.3 Å². The summed E-state index contributed by atoms with van der Waals surface area (Å²) in [6.07, 6.45) is 0.598. The third-order valence-corrected chi connectivity index (χ3v) is 2.49. The van der Waals surface area contributed by atoms with Gasteiger partial charge in [-0.15, -0.1) is 0 Å². The average Bonchev–Trinajstić information content (AvgIpc) is 2.43. The first-order valence-corrected chi connectivity index (χ1v) is 6.68. The van der Waals surface area contributed by atoms with E-state index in [1.54, 1.807) is 0 Å². The molecule has 21 heavy (non-hydrogen) atoms. The summed E-state index contributed by atoms with van der Waals surface area (Å²) in [5.41, 5.74) is -0.414. The zero-order valence-corrected chi connectivity index (χ0v) is 12.0. The second kappa shape index (κ2) is 8.51. The molecule has 0 atom stereocenters. The smallest absolute Gasteiger partial charge is 0.319 e. The molecule has 1 rings (SSSR count). The molecule has 0 aliphatic carbocycles. The van der Waals surface area contributed by atoms with E-state index in [1.807, 2.05) is 13.8 Å². The first-order valence-electron chi connectivity index (χ1n) is 6.68. The van der Waals surface area contributed by atoms with Crippen LogP contribution in [-0.2, 0) is 4.74 Å². The largest absolute Gasteiger partial charge is 0.381 e. The van der Waals surface area contributed by atoms with Crippen molar-refractivity contribution in [1.82, 2.24) is 5.32 Å². The normalized spacial score (nSPS) is 10.8. The highest BCUT2D eigenvalue weighted by atomic mass is 19.2. The van der Waals surface area contributed by atoms with Gasteiger partial charge in [-0.25, -0.2) is 18.0 Å². The lowest BCUT2D eigenvalue weighted by molar-refractivity contribution is 0.108. The number of benzene rings is 1. The van der Waals surface area contributed by atoms with Gasteiger partial charge in [0, 0.05) is 19.8 Å². The third-order valence-electron chi connectivity index (χ3n) is 2.49. The van der Waals surface area contributed by atoms with E-state index in [0.29, 0.717) is 32.1 Å². The Morgan fingerprint density at radius 2 is 1.95 bits per heavy atom. The molecule has 1 aromatic rings. The van der Waals surface area contributed by atoms with Gasteiger partial charge in [0.2, 0.25) is 0 Å². The van der Waals surface area contributed by atoms with Gasteiger partial charge in [0.05, 0.1) is 5.69 Å². The number of hydrogen-bond donors (Lipinski definition) is 2. The van der Waals surface area contributed by atoms with Crippen LogP contribution >= 0.6 is 0 Å². The van der Waals surface area contributed by atoms with E-state index in [9.17, 15) is 18.0 Å². The van der Waals surface area contributed by atoms with Crippen molar-refractivity contribution >= 4 is 11.7 Å². The molecule has 0 aliphatic heterocycles. The number of rotatable bonds is 7. The fourth-order valence-corrected chi connectivity index (χ4v) is 1.48. The van der Waals surface area contributed by atoms with E-state index in [0.717, 1.165) is 12.1 Å². The predicted octanol–water partition coefficient (Wildman–Crippen LogP) is 3.29. The van der Waals surface area contributed by atoms with Gasteiger partial charge in [0.15, 0.2) is 17.5 Å². The van der Waals surface area contributed by atoms with Crippen LogP contribution in [0.4, 0.5) is 23.7 Å². The van der Waals surface area contributed by atoms with Crippen molar-refractivity contribution in [3.8, 4) is 0 Å². The van der Waals surface area contributed by atoms with Crippen molar-refractivity contribution in [1.29, 1.82) is 0 Å². The van der Waals surface area contributed by atoms with Crippen LogP contribution in [0, 0.1) is 23.4 Å². The number of halogens is 3. The SMILES string of the molecule is CC(C)COCCCNC(=O)Nc1ccc(F)c(F)c1F. The lowest BCUT2D eigenvalue weighted by Crippen LogP contribution is -2.30. The maximum absolute atomic E-state index is 13.3. The summed E-state index contributed by atoms with van der Waals surface area (Å²) >= 11 is 0. The fourth-order valence-electron chi connectivity index (χ4n) is 1.48. The number of nitrogens with one attached hydrogen (secondary N) is 2. The molecule has 0 saturated carbocycles. The molecule has 0 aromatic heterocycles. The summed E-state index contributed by atoms with van der Waals surface area (Å²) in [5, 5.41) is 4.58. The summed E-state index contributed by atoms with van der Waals surface area (Å²) in [5.74, 6) is -3.90. The van der Waals surface area contributed by atoms with Crippen LogP contribution in [0.15, 0.2) is 12.1 Å². The Labute approximate surface area is 121 Å². The maximum Gasteiger partial charge on any atom is 0.319 e. The van der Waals surface area contributed by atoms with Crippen LogP contribution in [0.2, 0.25) is 0 Å². The highest BCUT2D eigenvalue weighted by molar-refractivity contribution is 5.89. The Morgan fingerprint density at radius 3 is 2.62 bits per heavy atom. The summed E-state index contributed by atoms with van der Waals surface area (Å²) in [6.45, 7) is 5.53. The van der Waals surface area contributed by atoms with E-state index in [-0.39, 0.29) is 0 Å². The minimum atomic E-state index is -1.62. The molecule has 0 bridgehead atoms. The van der Waals surface area contributed by atoms with E-state index in [4.69, 9.17) is 4.74 Å². The predicted molar refractivity (Wildman–Crippen MR) is 73.6 cm³/mol. The Balaban J connectivity index is 2.30. The zero-order chi connectivity index (χ0) is 15.8. The number of carbonyl (C=O) groups is 1. The molecule has 0 spiro atoms. The first kappa shape index (κ1) is 17.3. The van der Waals surface area contributed by atoms with Gasteiger partial charge in [-0.2, -0.15) is 0 Å². The van der Waals surface area contributed by atoms with Crippen molar-refractivity contribution in [3.05, 3.63) is 29.6 Å². The van der Waals surface area contributed by atoms with Gasteiger partial charge in [-0.1, -0.05) is 13.8 Å². The van der Waals surface area contributed by atoms with E-state index < -0.39 is 29.2 Å². The second-order valence-corrected chi connectivity index (χ2v) is 4.93. The Morgan fingerprint density at radius 1 is 1.24 bits per heavy atom. The van der Waals surface area contributed by atoms with Gasteiger partial charge in [-0.3, -0.25) is 0 Å². The van der Waals surface area contributed by atoms with Crippen molar-refractivity contribution in [3.63, 3.8) is 0 Å². The number of carbonyl (C=O) groups excluding carboxylic acids is 1. The van der Waals surface area contributed by atoms with Crippen LogP contribution in [0.3, 0.4) is 0 Å². The van der Waals surface area contributed by atoms with Crippen LogP contribution in [0.5, 0.6) is 0 Å². The minimum absolute atomic E-state index is 0.329. The summed E-state index contributed by atoms with van der Waals surface area (Å²) < 4.78 is 44.3. The van der Waals surface area contributed by atoms with Crippen molar-refractivity contribution in [2.24, 2.45) is 5.92 Å². The number of amides is 2. The number of hydrogen-bond acceptors (Lipinski definition) is 2.